The number of carbonyl (C=O) groups excluding carboxylic acids is 1. The minimum atomic E-state index is -0.526. The second kappa shape index (κ2) is 11.6. The lowest BCUT2D eigenvalue weighted by atomic mass is 10.0. The van der Waals surface area contributed by atoms with Gasteiger partial charge in [-0.2, -0.15) is 0 Å². The highest BCUT2D eigenvalue weighted by atomic mass is 35.5. The number of rotatable bonds is 8. The van der Waals surface area contributed by atoms with Crippen LogP contribution in [0, 0.1) is 12.7 Å². The van der Waals surface area contributed by atoms with E-state index in [0.29, 0.717) is 18.6 Å². The molecule has 1 fully saturated rings. The van der Waals surface area contributed by atoms with Crippen molar-refractivity contribution in [3.8, 4) is 5.75 Å². The van der Waals surface area contributed by atoms with Crippen LogP contribution in [0.1, 0.15) is 60.1 Å². The Kier molecular flexibility index (Phi) is 8.91. The number of aliphatic hydroxyl groups is 1. The molecule has 0 aromatic heterocycles. The molecule has 2 unspecified atom stereocenters. The molecule has 2 N–H and O–H groups in total. The van der Waals surface area contributed by atoms with Gasteiger partial charge in [-0.3, -0.25) is 9.69 Å². The summed E-state index contributed by atoms with van der Waals surface area (Å²) in [4.78, 5) is 15.0. The Morgan fingerprint density at radius 1 is 1.28 bits per heavy atom. The van der Waals surface area contributed by atoms with E-state index in [1.807, 2.05) is 6.07 Å². The maximum absolute atomic E-state index is 13.4. The fourth-order valence-electron chi connectivity index (χ4n) is 4.21. The van der Waals surface area contributed by atoms with E-state index in [1.165, 1.54) is 29.3 Å². The fourth-order valence-corrected chi connectivity index (χ4v) is 4.39. The lowest BCUT2D eigenvalue weighted by molar-refractivity contribution is 0.0933. The summed E-state index contributed by atoms with van der Waals surface area (Å²) in [6, 6.07) is 10.6. The van der Waals surface area contributed by atoms with E-state index in [2.05, 4.69) is 36.2 Å². The summed E-state index contributed by atoms with van der Waals surface area (Å²) in [5.74, 6) is 0.0832. The molecule has 32 heavy (non-hydrogen) atoms. The molecule has 3 rings (SSSR count). The highest BCUT2D eigenvalue weighted by Crippen LogP contribution is 2.29. The summed E-state index contributed by atoms with van der Waals surface area (Å²) < 4.78 is 19.1. The molecule has 1 heterocycles. The Bertz CT molecular complexity index is 924. The van der Waals surface area contributed by atoms with Crippen molar-refractivity contribution in [2.24, 2.45) is 0 Å². The smallest absolute Gasteiger partial charge is 0.251 e. The molecule has 0 bridgehead atoms. The molecule has 1 aliphatic heterocycles. The average molecular weight is 463 g/mol. The van der Waals surface area contributed by atoms with Gasteiger partial charge in [-0.15, -0.1) is 0 Å². The molecule has 0 aliphatic carbocycles. The average Bonchev–Trinajstić information content (AvgIpc) is 3.01. The summed E-state index contributed by atoms with van der Waals surface area (Å²) in [5.41, 5.74) is 2.83. The number of hydrogen-bond acceptors (Lipinski definition) is 4. The molecule has 0 radical (unpaired) electrons. The highest BCUT2D eigenvalue weighted by Gasteiger charge is 2.24. The van der Waals surface area contributed by atoms with Crippen LogP contribution in [0.3, 0.4) is 0 Å². The molecule has 1 saturated heterocycles. The number of nitrogens with zero attached hydrogens (tertiary/aromatic N) is 1. The molecule has 174 valence electrons. The zero-order valence-electron chi connectivity index (χ0n) is 18.7. The predicted octanol–water partition coefficient (Wildman–Crippen LogP) is 4.89. The van der Waals surface area contributed by atoms with Crippen LogP contribution in [0.25, 0.3) is 0 Å². The zero-order valence-corrected chi connectivity index (χ0v) is 19.5. The van der Waals surface area contributed by atoms with E-state index >= 15 is 0 Å². The number of hydrogen-bond donors (Lipinski definition) is 2. The molecule has 1 amide bonds. The van der Waals surface area contributed by atoms with Crippen molar-refractivity contribution in [1.29, 1.82) is 0 Å². The molecule has 2 aromatic rings. The van der Waals surface area contributed by atoms with Gasteiger partial charge in [0.1, 0.15) is 11.6 Å². The van der Waals surface area contributed by atoms with Gasteiger partial charge in [0.2, 0.25) is 0 Å². The van der Waals surface area contributed by atoms with E-state index in [0.717, 1.165) is 38.1 Å². The molecular formula is C25H32ClFN2O3. The van der Waals surface area contributed by atoms with Crippen molar-refractivity contribution < 1.29 is 19.0 Å². The number of aliphatic hydroxyl groups excluding tert-OH is 1. The largest absolute Gasteiger partial charge is 0.493 e. The van der Waals surface area contributed by atoms with Gasteiger partial charge in [0.15, 0.2) is 0 Å². The van der Waals surface area contributed by atoms with Crippen LogP contribution in [0.2, 0.25) is 5.02 Å². The van der Waals surface area contributed by atoms with Crippen LogP contribution in [0.4, 0.5) is 4.39 Å². The molecule has 7 heteroatoms. The number of likely N-dealkylation sites (tertiary alicyclic amines) is 1. The predicted molar refractivity (Wildman–Crippen MR) is 125 cm³/mol. The lowest BCUT2D eigenvalue weighted by Crippen LogP contribution is -2.36. The minimum Gasteiger partial charge on any atom is -0.493 e. The number of carbonyl (C=O) groups is 1. The number of halogens is 2. The SMILES string of the molecule is Cc1cc(OCCCO)ccc1C(C)N1CCCC(NC(=O)c2ccc(F)c(Cl)c2)CC1. The Morgan fingerprint density at radius 2 is 2.09 bits per heavy atom. The van der Waals surface area contributed by atoms with Gasteiger partial charge >= 0.3 is 0 Å². The first-order valence-corrected chi connectivity index (χ1v) is 11.6. The third-order valence-corrected chi connectivity index (χ3v) is 6.38. The highest BCUT2D eigenvalue weighted by molar-refractivity contribution is 6.31. The van der Waals surface area contributed by atoms with E-state index in [-0.39, 0.29) is 29.6 Å². The topological polar surface area (TPSA) is 61.8 Å². The van der Waals surface area contributed by atoms with Crippen molar-refractivity contribution in [3.63, 3.8) is 0 Å². The van der Waals surface area contributed by atoms with Gasteiger partial charge < -0.3 is 15.2 Å². The van der Waals surface area contributed by atoms with Gasteiger partial charge in [0, 0.05) is 37.2 Å². The third kappa shape index (κ3) is 6.44. The van der Waals surface area contributed by atoms with Crippen LogP contribution < -0.4 is 10.1 Å². The van der Waals surface area contributed by atoms with E-state index in [4.69, 9.17) is 21.4 Å². The van der Waals surface area contributed by atoms with E-state index in [9.17, 15) is 9.18 Å². The van der Waals surface area contributed by atoms with Crippen LogP contribution in [-0.4, -0.2) is 48.3 Å². The first-order valence-electron chi connectivity index (χ1n) is 11.2. The van der Waals surface area contributed by atoms with Gasteiger partial charge in [-0.1, -0.05) is 17.7 Å². The van der Waals surface area contributed by atoms with Gasteiger partial charge in [0.25, 0.3) is 5.91 Å². The summed E-state index contributed by atoms with van der Waals surface area (Å²) in [7, 11) is 0. The Labute approximate surface area is 194 Å². The second-order valence-corrected chi connectivity index (χ2v) is 8.79. The maximum Gasteiger partial charge on any atom is 0.251 e. The summed E-state index contributed by atoms with van der Waals surface area (Å²) in [6.45, 7) is 6.79. The van der Waals surface area contributed by atoms with Crippen molar-refractivity contribution in [2.75, 3.05) is 26.3 Å². The van der Waals surface area contributed by atoms with Crippen LogP contribution in [0.15, 0.2) is 36.4 Å². The number of benzene rings is 2. The molecule has 0 saturated carbocycles. The monoisotopic (exact) mass is 462 g/mol. The standard InChI is InChI=1S/C25H32ClFN2O3/c1-17-15-21(32-14-4-13-30)7-8-22(17)18(2)29-11-3-5-20(10-12-29)28-25(31)19-6-9-24(27)23(26)16-19/h6-9,15-16,18,20,30H,3-5,10-14H2,1-2H3,(H,28,31). The van der Waals surface area contributed by atoms with Crippen molar-refractivity contribution in [2.45, 2.75) is 51.6 Å². The summed E-state index contributed by atoms with van der Waals surface area (Å²) >= 11 is 5.81. The minimum absolute atomic E-state index is 0.0429. The van der Waals surface area contributed by atoms with E-state index < -0.39 is 5.82 Å². The van der Waals surface area contributed by atoms with Crippen molar-refractivity contribution in [3.05, 3.63) is 63.9 Å². The van der Waals surface area contributed by atoms with Crippen LogP contribution in [-0.2, 0) is 0 Å². The Morgan fingerprint density at radius 3 is 2.81 bits per heavy atom. The third-order valence-electron chi connectivity index (χ3n) is 6.09. The number of nitrogens with one attached hydrogen (secondary N) is 1. The first kappa shape index (κ1) is 24.5. The number of ether oxygens (including phenoxy) is 1. The fraction of sp³-hybridized carbons (Fsp3) is 0.480. The molecule has 2 atom stereocenters. The Hall–Kier alpha value is -2.15. The molecular weight excluding hydrogens is 431 g/mol. The normalized spacial score (nSPS) is 18.1. The van der Waals surface area contributed by atoms with Crippen molar-refractivity contribution >= 4 is 17.5 Å². The molecule has 0 spiro atoms. The number of aryl methyl sites for hydroxylation is 1. The summed E-state index contributed by atoms with van der Waals surface area (Å²) in [5, 5.41) is 11.9. The summed E-state index contributed by atoms with van der Waals surface area (Å²) in [6.07, 6.45) is 3.37. The van der Waals surface area contributed by atoms with Crippen molar-refractivity contribution in [1.82, 2.24) is 10.2 Å². The molecule has 5 nitrogen and oxygen atoms in total. The van der Waals surface area contributed by atoms with Gasteiger partial charge in [0.05, 0.1) is 11.6 Å². The first-order chi connectivity index (χ1) is 15.4. The molecule has 1 aliphatic rings. The quantitative estimate of drug-likeness (QED) is 0.548. The lowest BCUT2D eigenvalue weighted by Gasteiger charge is -2.29. The van der Waals surface area contributed by atoms with Crippen LogP contribution in [0.5, 0.6) is 5.75 Å². The van der Waals surface area contributed by atoms with Crippen LogP contribution >= 0.6 is 11.6 Å². The van der Waals surface area contributed by atoms with Gasteiger partial charge in [-0.25, -0.2) is 4.39 Å². The zero-order chi connectivity index (χ0) is 23.1. The number of amides is 1. The van der Waals surface area contributed by atoms with Gasteiger partial charge in [-0.05, 0) is 81.1 Å². The van der Waals surface area contributed by atoms with E-state index in [1.54, 1.807) is 0 Å². The Balaban J connectivity index is 1.57. The molecule has 2 aromatic carbocycles. The maximum atomic E-state index is 13.4. The second-order valence-electron chi connectivity index (χ2n) is 8.39.